The predicted octanol–water partition coefficient (Wildman–Crippen LogP) is 5.86. The average Bonchev–Trinajstić information content (AvgIpc) is 2.79. The summed E-state index contributed by atoms with van der Waals surface area (Å²) in [6.45, 7) is 0.210. The van der Waals surface area contributed by atoms with Gasteiger partial charge in [-0.1, -0.05) is 41.4 Å². The van der Waals surface area contributed by atoms with Crippen molar-refractivity contribution in [3.8, 4) is 11.5 Å². The summed E-state index contributed by atoms with van der Waals surface area (Å²) in [5.41, 5.74) is 3.30. The lowest BCUT2D eigenvalue weighted by Crippen LogP contribution is -2.19. The first kappa shape index (κ1) is 24.7. The molecule has 0 aliphatic carbocycles. The molecule has 0 radical (unpaired) electrons. The fourth-order valence-electron chi connectivity index (χ4n) is 2.79. The molecule has 3 rings (SSSR count). The van der Waals surface area contributed by atoms with E-state index in [-0.39, 0.29) is 17.9 Å². The van der Waals surface area contributed by atoms with E-state index in [1.54, 1.807) is 30.3 Å². The zero-order chi connectivity index (χ0) is 24.0. The Labute approximate surface area is 212 Å². The van der Waals surface area contributed by atoms with Crippen LogP contribution in [0.2, 0.25) is 10.0 Å². The van der Waals surface area contributed by atoms with Gasteiger partial charge in [-0.25, -0.2) is 5.43 Å². The third kappa shape index (κ3) is 6.34. The number of rotatable bonds is 8. The Morgan fingerprint density at radius 1 is 1.21 bits per heavy atom. The van der Waals surface area contributed by atoms with Crippen LogP contribution in [0.1, 0.15) is 21.5 Å². The first-order chi connectivity index (χ1) is 15.8. The van der Waals surface area contributed by atoms with E-state index in [4.69, 9.17) is 32.7 Å². The molecule has 0 bridgehead atoms. The number of methoxy groups -OCH3 is 1. The second-order valence-electron chi connectivity index (χ2n) is 6.53. The third-order valence-electron chi connectivity index (χ3n) is 4.36. The molecule has 3 aromatic rings. The number of halogens is 3. The van der Waals surface area contributed by atoms with E-state index in [2.05, 4.69) is 33.1 Å². The van der Waals surface area contributed by atoms with Crippen molar-refractivity contribution in [2.24, 2.45) is 5.10 Å². The van der Waals surface area contributed by atoms with Gasteiger partial charge in [0.25, 0.3) is 11.6 Å². The van der Waals surface area contributed by atoms with Crippen molar-refractivity contribution < 1.29 is 19.2 Å². The predicted molar refractivity (Wildman–Crippen MR) is 135 cm³/mol. The maximum absolute atomic E-state index is 12.3. The van der Waals surface area contributed by atoms with Gasteiger partial charge in [-0.05, 0) is 58.5 Å². The zero-order valence-electron chi connectivity index (χ0n) is 17.1. The standard InChI is InChI=1S/C22H16Cl2IN3O5/c1-32-20-9-13(11-26-27-22(29)16-4-2-3-5-19(16)28(30)31)8-18(25)21(20)33-12-14-6-7-15(23)10-17(14)24/h2-11H,12H2,1H3,(H,27,29)/b26-11-. The molecule has 0 aliphatic rings. The topological polar surface area (TPSA) is 103 Å². The molecule has 0 atom stereocenters. The molecule has 8 nitrogen and oxygen atoms in total. The van der Waals surface area contributed by atoms with E-state index in [9.17, 15) is 14.9 Å². The number of ether oxygens (including phenoxy) is 2. The molecule has 0 heterocycles. The van der Waals surface area contributed by atoms with Gasteiger partial charge in [-0.3, -0.25) is 14.9 Å². The Morgan fingerprint density at radius 2 is 1.97 bits per heavy atom. The summed E-state index contributed by atoms with van der Waals surface area (Å²) in [6, 6.07) is 14.2. The van der Waals surface area contributed by atoms with E-state index in [0.717, 1.165) is 9.13 Å². The number of nitrogens with zero attached hydrogens (tertiary/aromatic N) is 2. The van der Waals surface area contributed by atoms with Gasteiger partial charge in [-0.15, -0.1) is 0 Å². The Bertz CT molecular complexity index is 1240. The molecule has 3 aromatic carbocycles. The second-order valence-corrected chi connectivity index (χ2v) is 8.54. The molecule has 170 valence electrons. The van der Waals surface area contributed by atoms with Gasteiger partial charge in [0.05, 0.1) is 21.8 Å². The summed E-state index contributed by atoms with van der Waals surface area (Å²) in [4.78, 5) is 22.7. The number of hydrogen-bond acceptors (Lipinski definition) is 6. The lowest BCUT2D eigenvalue weighted by atomic mass is 10.2. The van der Waals surface area contributed by atoms with Crippen LogP contribution in [0.5, 0.6) is 11.5 Å². The molecule has 0 spiro atoms. The number of carbonyl (C=O) groups excluding carboxylic acids is 1. The van der Waals surface area contributed by atoms with E-state index in [1.165, 1.54) is 37.6 Å². The fraction of sp³-hybridized carbons (Fsp3) is 0.0909. The van der Waals surface area contributed by atoms with Gasteiger partial charge in [0.15, 0.2) is 11.5 Å². The number of nitrogens with one attached hydrogen (secondary N) is 1. The summed E-state index contributed by atoms with van der Waals surface area (Å²) in [7, 11) is 1.50. The molecule has 0 aliphatic heterocycles. The maximum Gasteiger partial charge on any atom is 0.282 e. The monoisotopic (exact) mass is 599 g/mol. The van der Waals surface area contributed by atoms with Crippen molar-refractivity contribution in [2.45, 2.75) is 6.61 Å². The molecular weight excluding hydrogens is 584 g/mol. The average molecular weight is 600 g/mol. The Balaban J connectivity index is 1.73. The highest BCUT2D eigenvalue weighted by Gasteiger charge is 2.18. The zero-order valence-corrected chi connectivity index (χ0v) is 20.7. The lowest BCUT2D eigenvalue weighted by Gasteiger charge is -2.14. The van der Waals surface area contributed by atoms with E-state index in [1.807, 2.05) is 0 Å². The smallest absolute Gasteiger partial charge is 0.282 e. The normalized spacial score (nSPS) is 10.8. The van der Waals surface area contributed by atoms with Gasteiger partial charge < -0.3 is 9.47 Å². The van der Waals surface area contributed by atoms with Crippen molar-refractivity contribution in [3.05, 3.63) is 95.0 Å². The number of hydrogen-bond donors (Lipinski definition) is 1. The molecule has 11 heteroatoms. The summed E-state index contributed by atoms with van der Waals surface area (Å²) < 4.78 is 12.1. The molecule has 0 saturated heterocycles. The van der Waals surface area contributed by atoms with Gasteiger partial charge in [0.1, 0.15) is 12.2 Å². The van der Waals surface area contributed by atoms with Crippen LogP contribution < -0.4 is 14.9 Å². The minimum absolute atomic E-state index is 0.0866. The third-order valence-corrected chi connectivity index (χ3v) is 5.75. The minimum atomic E-state index is -0.694. The molecule has 0 fully saturated rings. The number of hydrazone groups is 1. The van der Waals surface area contributed by atoms with Gasteiger partial charge in [0, 0.05) is 21.7 Å². The summed E-state index contributed by atoms with van der Waals surface area (Å²) in [5, 5.41) is 16.0. The van der Waals surface area contributed by atoms with Crippen molar-refractivity contribution in [3.63, 3.8) is 0 Å². The maximum atomic E-state index is 12.3. The first-order valence-electron chi connectivity index (χ1n) is 9.31. The molecular formula is C22H16Cl2IN3O5. The summed E-state index contributed by atoms with van der Waals surface area (Å²) in [5.74, 6) is 0.281. The molecule has 1 N–H and O–H groups in total. The fourth-order valence-corrected chi connectivity index (χ4v) is 4.04. The highest BCUT2D eigenvalue weighted by molar-refractivity contribution is 14.1. The largest absolute Gasteiger partial charge is 0.493 e. The number of para-hydroxylation sites is 1. The van der Waals surface area contributed by atoms with Crippen LogP contribution in [0.3, 0.4) is 0 Å². The van der Waals surface area contributed by atoms with Crippen LogP contribution in [0.25, 0.3) is 0 Å². The van der Waals surface area contributed by atoms with Crippen molar-refractivity contribution in [2.75, 3.05) is 7.11 Å². The Kier molecular flexibility index (Phi) is 8.48. The molecule has 33 heavy (non-hydrogen) atoms. The van der Waals surface area contributed by atoms with Gasteiger partial charge in [-0.2, -0.15) is 5.10 Å². The van der Waals surface area contributed by atoms with E-state index < -0.39 is 10.8 Å². The highest BCUT2D eigenvalue weighted by Crippen LogP contribution is 2.35. The van der Waals surface area contributed by atoms with Crippen LogP contribution in [-0.4, -0.2) is 24.2 Å². The Morgan fingerprint density at radius 3 is 2.67 bits per heavy atom. The van der Waals surface area contributed by atoms with Crippen molar-refractivity contribution in [1.29, 1.82) is 0 Å². The van der Waals surface area contributed by atoms with E-state index in [0.29, 0.717) is 27.1 Å². The molecule has 0 aromatic heterocycles. The van der Waals surface area contributed by atoms with E-state index >= 15 is 0 Å². The summed E-state index contributed by atoms with van der Waals surface area (Å²) >= 11 is 14.2. The number of amides is 1. The van der Waals surface area contributed by atoms with Crippen LogP contribution >= 0.6 is 45.8 Å². The van der Waals surface area contributed by atoms with Gasteiger partial charge >= 0.3 is 0 Å². The molecule has 0 saturated carbocycles. The van der Waals surface area contributed by atoms with Crippen molar-refractivity contribution >= 4 is 63.6 Å². The molecule has 1 amide bonds. The number of benzene rings is 3. The quantitative estimate of drug-likeness (QED) is 0.151. The second kappa shape index (κ2) is 11.3. The van der Waals surface area contributed by atoms with Crippen LogP contribution in [0, 0.1) is 13.7 Å². The number of carbonyl (C=O) groups is 1. The minimum Gasteiger partial charge on any atom is -0.493 e. The number of nitro benzene ring substituents is 1. The SMILES string of the molecule is COc1cc(/C=N\NC(=O)c2ccccc2[N+](=O)[O-])cc(I)c1OCc1ccc(Cl)cc1Cl. The van der Waals surface area contributed by atoms with Crippen LogP contribution in [0.15, 0.2) is 59.7 Å². The van der Waals surface area contributed by atoms with Crippen LogP contribution in [0.4, 0.5) is 5.69 Å². The Hall–Kier alpha value is -2.89. The highest BCUT2D eigenvalue weighted by atomic mass is 127. The first-order valence-corrected chi connectivity index (χ1v) is 11.1. The van der Waals surface area contributed by atoms with Gasteiger partial charge in [0.2, 0.25) is 0 Å². The summed E-state index contributed by atoms with van der Waals surface area (Å²) in [6.07, 6.45) is 1.40. The lowest BCUT2D eigenvalue weighted by molar-refractivity contribution is -0.385. The number of nitro groups is 1. The van der Waals surface area contributed by atoms with Crippen LogP contribution in [-0.2, 0) is 6.61 Å². The molecule has 0 unspecified atom stereocenters. The van der Waals surface area contributed by atoms with Crippen molar-refractivity contribution in [1.82, 2.24) is 5.43 Å².